The molecular formula is C24H20F3N5O3S. The number of nitrogens with zero attached hydrogens (tertiary/aromatic N) is 3. The normalized spacial score (nSPS) is 13.2. The summed E-state index contributed by atoms with van der Waals surface area (Å²) in [7, 11) is 0. The molecule has 2 aromatic heterocycles. The molecule has 0 spiro atoms. The van der Waals surface area contributed by atoms with Crippen molar-refractivity contribution >= 4 is 23.3 Å². The summed E-state index contributed by atoms with van der Waals surface area (Å²) < 4.78 is 47.9. The molecule has 0 aliphatic rings. The number of rotatable bonds is 8. The minimum absolute atomic E-state index is 0.113. The molecule has 0 radical (unpaired) electrons. The van der Waals surface area contributed by atoms with Crippen molar-refractivity contribution in [3.05, 3.63) is 77.3 Å². The molecule has 2 heterocycles. The van der Waals surface area contributed by atoms with Crippen LogP contribution in [0, 0.1) is 0 Å². The molecule has 36 heavy (non-hydrogen) atoms. The van der Waals surface area contributed by atoms with Gasteiger partial charge in [0.15, 0.2) is 0 Å². The van der Waals surface area contributed by atoms with E-state index in [0.717, 1.165) is 0 Å². The van der Waals surface area contributed by atoms with Crippen LogP contribution in [-0.4, -0.2) is 38.2 Å². The van der Waals surface area contributed by atoms with Gasteiger partial charge in [0.05, 0.1) is 5.69 Å². The second-order valence-electron chi connectivity index (χ2n) is 7.76. The summed E-state index contributed by atoms with van der Waals surface area (Å²) >= 11 is 1.21. The Morgan fingerprint density at radius 2 is 1.83 bits per heavy atom. The average Bonchev–Trinajstić information content (AvgIpc) is 3.37. The number of carbonyl (C=O) groups is 1. The van der Waals surface area contributed by atoms with Gasteiger partial charge in [-0.2, -0.15) is 18.2 Å². The number of hydrogen-bond donors (Lipinski definition) is 3. The molecule has 1 unspecified atom stereocenters. The van der Waals surface area contributed by atoms with Crippen LogP contribution in [0.25, 0.3) is 21.8 Å². The molecule has 0 saturated heterocycles. The van der Waals surface area contributed by atoms with Crippen LogP contribution in [0.5, 0.6) is 5.88 Å². The second kappa shape index (κ2) is 10.3. The van der Waals surface area contributed by atoms with E-state index in [-0.39, 0.29) is 29.5 Å². The first-order chi connectivity index (χ1) is 17.1. The maximum atomic E-state index is 14.2. The van der Waals surface area contributed by atoms with Gasteiger partial charge in [-0.25, -0.2) is 9.97 Å². The maximum absolute atomic E-state index is 14.2. The number of anilines is 1. The van der Waals surface area contributed by atoms with Crippen LogP contribution >= 0.6 is 11.3 Å². The molecule has 0 saturated carbocycles. The Bertz CT molecular complexity index is 1350. The van der Waals surface area contributed by atoms with Crippen LogP contribution in [-0.2, 0) is 11.2 Å². The highest BCUT2D eigenvalue weighted by Gasteiger charge is 2.44. The molecule has 2 atom stereocenters. The Kier molecular flexibility index (Phi) is 7.17. The van der Waals surface area contributed by atoms with Crippen LogP contribution in [0.1, 0.15) is 17.2 Å². The van der Waals surface area contributed by atoms with Crippen molar-refractivity contribution < 1.29 is 27.8 Å². The van der Waals surface area contributed by atoms with E-state index in [1.807, 2.05) is 0 Å². The lowest BCUT2D eigenvalue weighted by molar-refractivity contribution is -0.198. The molecule has 186 valence electrons. The Morgan fingerprint density at radius 1 is 1.11 bits per heavy atom. The minimum atomic E-state index is -4.77. The van der Waals surface area contributed by atoms with Crippen molar-refractivity contribution in [1.82, 2.24) is 15.0 Å². The largest absolute Gasteiger partial charge is 0.480 e. The van der Waals surface area contributed by atoms with E-state index >= 15 is 0 Å². The summed E-state index contributed by atoms with van der Waals surface area (Å²) in [4.78, 5) is 23.1. The molecule has 0 aliphatic heterocycles. The zero-order chi connectivity index (χ0) is 25.9. The lowest BCUT2D eigenvalue weighted by atomic mass is 10.0. The first-order valence-electron chi connectivity index (χ1n) is 10.6. The van der Waals surface area contributed by atoms with E-state index in [1.54, 1.807) is 41.8 Å². The van der Waals surface area contributed by atoms with Gasteiger partial charge in [-0.1, -0.05) is 48.5 Å². The summed E-state index contributed by atoms with van der Waals surface area (Å²) in [5, 5.41) is 11.1. The highest BCUT2D eigenvalue weighted by atomic mass is 32.1. The number of thiazole rings is 1. The van der Waals surface area contributed by atoms with Crippen molar-refractivity contribution in [2.24, 2.45) is 5.73 Å². The van der Waals surface area contributed by atoms with Crippen LogP contribution in [0.4, 0.5) is 19.1 Å². The van der Waals surface area contributed by atoms with E-state index < -0.39 is 24.3 Å². The third-order valence-electron chi connectivity index (χ3n) is 5.18. The van der Waals surface area contributed by atoms with Crippen molar-refractivity contribution in [2.75, 3.05) is 5.73 Å². The number of carboxylic acid groups (broad SMARTS) is 1. The highest BCUT2D eigenvalue weighted by Crippen LogP contribution is 2.41. The van der Waals surface area contributed by atoms with Crippen molar-refractivity contribution in [1.29, 1.82) is 0 Å². The number of ether oxygens (including phenoxy) is 1. The maximum Gasteiger partial charge on any atom is 0.429 e. The van der Waals surface area contributed by atoms with Gasteiger partial charge in [-0.05, 0) is 12.0 Å². The van der Waals surface area contributed by atoms with Gasteiger partial charge in [0.1, 0.15) is 11.0 Å². The van der Waals surface area contributed by atoms with E-state index in [2.05, 4.69) is 15.0 Å². The van der Waals surface area contributed by atoms with E-state index in [0.29, 0.717) is 21.7 Å². The molecule has 0 bridgehead atoms. The fraction of sp³-hybridized carbons (Fsp3) is 0.167. The number of alkyl halides is 3. The lowest BCUT2D eigenvalue weighted by Gasteiger charge is -2.23. The van der Waals surface area contributed by atoms with Crippen LogP contribution in [0.3, 0.4) is 0 Å². The smallest absolute Gasteiger partial charge is 0.429 e. The van der Waals surface area contributed by atoms with E-state index in [1.165, 1.54) is 35.7 Å². The van der Waals surface area contributed by atoms with E-state index in [9.17, 15) is 18.0 Å². The summed E-state index contributed by atoms with van der Waals surface area (Å²) in [6.45, 7) is 0. The van der Waals surface area contributed by atoms with Crippen LogP contribution < -0.4 is 16.2 Å². The predicted octanol–water partition coefficient (Wildman–Crippen LogP) is 4.49. The Morgan fingerprint density at radius 3 is 2.47 bits per heavy atom. The molecular weight excluding hydrogens is 495 g/mol. The zero-order valence-corrected chi connectivity index (χ0v) is 19.3. The molecule has 0 amide bonds. The number of nitrogens with two attached hydrogens (primary N) is 2. The quantitative estimate of drug-likeness (QED) is 0.312. The molecule has 4 aromatic rings. The fourth-order valence-corrected chi connectivity index (χ4v) is 4.19. The Hall–Kier alpha value is -4.03. The molecule has 8 nitrogen and oxygen atoms in total. The zero-order valence-electron chi connectivity index (χ0n) is 18.5. The van der Waals surface area contributed by atoms with Crippen LogP contribution in [0.2, 0.25) is 0 Å². The first kappa shape index (κ1) is 25.1. The van der Waals surface area contributed by atoms with Crippen molar-refractivity contribution in [3.8, 4) is 27.7 Å². The number of benzene rings is 2. The summed E-state index contributed by atoms with van der Waals surface area (Å²) in [5.41, 5.74) is 13.0. The monoisotopic (exact) mass is 515 g/mol. The first-order valence-corrected chi connectivity index (χ1v) is 11.4. The second-order valence-corrected chi connectivity index (χ2v) is 8.65. The van der Waals surface area contributed by atoms with Gasteiger partial charge in [0.2, 0.25) is 17.9 Å². The molecule has 0 aliphatic carbocycles. The van der Waals surface area contributed by atoms with Crippen molar-refractivity contribution in [2.45, 2.75) is 24.7 Å². The number of nitrogen functional groups attached to an aromatic ring is 1. The Balaban J connectivity index is 1.65. The SMILES string of the molecule is Nc1nc(OC(c2ccccc2-c2nccs2)C(F)(F)F)cc(-c2ccc(C[C@H](N)C(=O)O)cc2)n1. The summed E-state index contributed by atoms with van der Waals surface area (Å²) in [5.74, 6) is -1.75. The van der Waals surface area contributed by atoms with Crippen molar-refractivity contribution in [3.63, 3.8) is 0 Å². The number of halogens is 3. The molecule has 4 rings (SSSR count). The summed E-state index contributed by atoms with van der Waals surface area (Å²) in [6, 6.07) is 12.8. The number of aromatic nitrogens is 3. The van der Waals surface area contributed by atoms with Gasteiger partial charge in [-0.15, -0.1) is 11.3 Å². The fourth-order valence-electron chi connectivity index (χ4n) is 3.51. The molecule has 0 fully saturated rings. The van der Waals surface area contributed by atoms with E-state index in [4.69, 9.17) is 21.3 Å². The van der Waals surface area contributed by atoms with Gasteiger partial charge in [0.25, 0.3) is 0 Å². The lowest BCUT2D eigenvalue weighted by Crippen LogP contribution is -2.32. The summed E-state index contributed by atoms with van der Waals surface area (Å²) in [6.07, 6.45) is -5.47. The van der Waals surface area contributed by atoms with Gasteiger partial charge >= 0.3 is 12.1 Å². The molecule has 5 N–H and O–H groups in total. The highest BCUT2D eigenvalue weighted by molar-refractivity contribution is 7.13. The van der Waals surface area contributed by atoms with Gasteiger partial charge in [-0.3, -0.25) is 4.79 Å². The van der Waals surface area contributed by atoms with Gasteiger partial charge < -0.3 is 21.3 Å². The molecule has 12 heteroatoms. The predicted molar refractivity (Wildman–Crippen MR) is 128 cm³/mol. The standard InChI is InChI=1S/C24H20F3N5O3S/c25-24(26,27)20(15-3-1-2-4-16(15)21-30-9-10-36-21)35-19-12-18(31-23(29)32-19)14-7-5-13(6-8-14)11-17(28)22(33)34/h1-10,12,17,20H,11,28H2,(H,33,34)(H2,29,31,32)/t17-,20?/m0/s1. The number of aliphatic carboxylic acids is 1. The molecule has 2 aromatic carbocycles. The third kappa shape index (κ3) is 5.78. The average molecular weight is 516 g/mol. The minimum Gasteiger partial charge on any atom is -0.480 e. The Labute approximate surface area is 207 Å². The van der Waals surface area contributed by atoms with Gasteiger partial charge in [0, 0.05) is 34.3 Å². The third-order valence-corrected chi connectivity index (χ3v) is 5.99. The number of hydrogen-bond acceptors (Lipinski definition) is 8. The van der Waals surface area contributed by atoms with Crippen LogP contribution in [0.15, 0.2) is 66.2 Å². The topological polar surface area (TPSA) is 137 Å². The number of carboxylic acids is 1.